The zero-order valence-electron chi connectivity index (χ0n) is 13.6. The second-order valence-corrected chi connectivity index (χ2v) is 6.63. The van der Waals surface area contributed by atoms with Crippen LogP contribution in [0, 0.1) is 6.01 Å². The van der Waals surface area contributed by atoms with E-state index in [4.69, 9.17) is 20.8 Å². The van der Waals surface area contributed by atoms with E-state index < -0.39 is 6.01 Å². The first kappa shape index (κ1) is 16.4. The summed E-state index contributed by atoms with van der Waals surface area (Å²) in [4.78, 5) is 4.25. The van der Waals surface area contributed by atoms with Crippen LogP contribution in [0.5, 0.6) is 5.75 Å². The maximum absolute atomic E-state index is 13.5. The summed E-state index contributed by atoms with van der Waals surface area (Å²) in [7, 11) is 0. The van der Waals surface area contributed by atoms with Crippen molar-refractivity contribution in [3.63, 3.8) is 0 Å². The van der Waals surface area contributed by atoms with Gasteiger partial charge in [0.1, 0.15) is 17.9 Å². The highest BCUT2D eigenvalue weighted by Crippen LogP contribution is 2.34. The zero-order valence-corrected chi connectivity index (χ0v) is 14.4. The number of aromatic nitrogens is 1. The van der Waals surface area contributed by atoms with Crippen molar-refractivity contribution in [2.75, 3.05) is 13.1 Å². The van der Waals surface area contributed by atoms with Crippen molar-refractivity contribution in [2.24, 2.45) is 0 Å². The number of halogens is 2. The molecule has 1 aliphatic rings. The van der Waals surface area contributed by atoms with Gasteiger partial charge >= 0.3 is 0 Å². The summed E-state index contributed by atoms with van der Waals surface area (Å²) in [6.45, 7) is 2.29. The van der Waals surface area contributed by atoms with E-state index in [9.17, 15) is 4.39 Å². The van der Waals surface area contributed by atoms with E-state index in [1.54, 1.807) is 18.3 Å². The molecule has 1 aromatic carbocycles. The number of pyridine rings is 1. The summed E-state index contributed by atoms with van der Waals surface area (Å²) in [6, 6.07) is 6.07. The van der Waals surface area contributed by atoms with E-state index in [0.29, 0.717) is 21.9 Å². The van der Waals surface area contributed by atoms with Gasteiger partial charge in [-0.25, -0.2) is 0 Å². The van der Waals surface area contributed by atoms with Crippen molar-refractivity contribution in [3.8, 4) is 5.75 Å². The van der Waals surface area contributed by atoms with Crippen LogP contribution in [-0.4, -0.2) is 18.1 Å². The van der Waals surface area contributed by atoms with Crippen molar-refractivity contribution in [1.29, 1.82) is 0 Å². The maximum atomic E-state index is 13.5. The molecule has 0 radical (unpaired) electrons. The molecule has 2 aromatic heterocycles. The number of hydrogen-bond donors (Lipinski definition) is 1. The second-order valence-electron chi connectivity index (χ2n) is 6.23. The van der Waals surface area contributed by atoms with Gasteiger partial charge in [0.2, 0.25) is 0 Å². The third kappa shape index (κ3) is 3.34. The van der Waals surface area contributed by atoms with Gasteiger partial charge in [0.05, 0.1) is 5.02 Å². The van der Waals surface area contributed by atoms with Crippen LogP contribution in [0.3, 0.4) is 0 Å². The Kier molecular flexibility index (Phi) is 4.59. The molecule has 0 spiro atoms. The molecule has 3 aromatic rings. The molecule has 130 valence electrons. The Morgan fingerprint density at radius 3 is 2.96 bits per heavy atom. The molecule has 1 saturated heterocycles. The number of ether oxygens (including phenoxy) is 1. The van der Waals surface area contributed by atoms with E-state index in [0.717, 1.165) is 42.8 Å². The lowest BCUT2D eigenvalue weighted by Gasteiger charge is -2.24. The lowest BCUT2D eigenvalue weighted by atomic mass is 9.91. The molecule has 4 nitrogen and oxygen atoms in total. The van der Waals surface area contributed by atoms with Crippen molar-refractivity contribution in [1.82, 2.24) is 10.3 Å². The molecule has 0 unspecified atom stereocenters. The van der Waals surface area contributed by atoms with Gasteiger partial charge < -0.3 is 14.5 Å². The van der Waals surface area contributed by atoms with Gasteiger partial charge in [-0.05, 0) is 44.0 Å². The Morgan fingerprint density at radius 1 is 1.28 bits per heavy atom. The van der Waals surface area contributed by atoms with Gasteiger partial charge in [0, 0.05) is 35.0 Å². The van der Waals surface area contributed by atoms with Crippen LogP contribution in [0.25, 0.3) is 11.0 Å². The highest BCUT2D eigenvalue weighted by molar-refractivity contribution is 6.35. The first-order valence-corrected chi connectivity index (χ1v) is 8.74. The summed E-state index contributed by atoms with van der Waals surface area (Å²) in [6.07, 6.45) is 5.74. The largest absolute Gasteiger partial charge is 0.488 e. The molecular weight excluding hydrogens is 343 g/mol. The van der Waals surface area contributed by atoms with Crippen LogP contribution in [-0.2, 0) is 6.61 Å². The van der Waals surface area contributed by atoms with Gasteiger partial charge in [0.15, 0.2) is 0 Å². The first-order chi connectivity index (χ1) is 12.2. The fourth-order valence-electron chi connectivity index (χ4n) is 3.35. The Balaban J connectivity index is 1.59. The lowest BCUT2D eigenvalue weighted by Crippen LogP contribution is -2.26. The van der Waals surface area contributed by atoms with Gasteiger partial charge in [-0.1, -0.05) is 17.7 Å². The third-order valence-electron chi connectivity index (χ3n) is 4.65. The smallest absolute Gasteiger partial charge is 0.278 e. The number of rotatable bonds is 4. The highest BCUT2D eigenvalue weighted by Gasteiger charge is 2.20. The number of piperidine rings is 1. The topological polar surface area (TPSA) is 47.3 Å². The molecule has 0 atom stereocenters. The Labute approximate surface area is 150 Å². The quantitative estimate of drug-likeness (QED) is 0.734. The van der Waals surface area contributed by atoms with E-state index >= 15 is 0 Å². The Morgan fingerprint density at radius 2 is 2.12 bits per heavy atom. The van der Waals surface area contributed by atoms with Crippen molar-refractivity contribution < 1.29 is 13.5 Å². The third-order valence-corrected chi connectivity index (χ3v) is 4.98. The first-order valence-electron chi connectivity index (χ1n) is 8.36. The lowest BCUT2D eigenvalue weighted by molar-refractivity contribution is 0.295. The molecule has 25 heavy (non-hydrogen) atoms. The molecule has 4 rings (SSSR count). The van der Waals surface area contributed by atoms with Gasteiger partial charge in [-0.2, -0.15) is 4.39 Å². The summed E-state index contributed by atoms with van der Waals surface area (Å²) in [5.41, 5.74) is 2.32. The fraction of sp³-hybridized carbons (Fsp3) is 0.316. The SMILES string of the molecule is Fc1cc2c(Cl)ccc(COc3ccncc3C3CCNCC3)c2o1. The van der Waals surface area contributed by atoms with Crippen molar-refractivity contribution in [3.05, 3.63) is 58.8 Å². The van der Waals surface area contributed by atoms with E-state index in [1.165, 1.54) is 6.07 Å². The number of nitrogens with one attached hydrogen (secondary N) is 1. The van der Waals surface area contributed by atoms with Crippen LogP contribution in [0.4, 0.5) is 4.39 Å². The van der Waals surface area contributed by atoms with Crippen molar-refractivity contribution >= 4 is 22.6 Å². The molecular formula is C19H18ClFN2O2. The molecule has 3 heterocycles. The molecule has 0 aliphatic carbocycles. The molecule has 1 aliphatic heterocycles. The minimum atomic E-state index is -0.649. The number of benzene rings is 1. The summed E-state index contributed by atoms with van der Waals surface area (Å²) in [5, 5.41) is 4.39. The van der Waals surface area contributed by atoms with Crippen LogP contribution < -0.4 is 10.1 Å². The van der Waals surface area contributed by atoms with Crippen LogP contribution in [0.15, 0.2) is 41.1 Å². The molecule has 0 saturated carbocycles. The number of nitrogens with zero attached hydrogens (tertiary/aromatic N) is 1. The Hall–Kier alpha value is -2.11. The second kappa shape index (κ2) is 7.02. The number of hydrogen-bond acceptors (Lipinski definition) is 4. The predicted octanol–water partition coefficient (Wildman–Crippen LogP) is 4.67. The minimum Gasteiger partial charge on any atom is -0.488 e. The molecule has 1 fully saturated rings. The van der Waals surface area contributed by atoms with Gasteiger partial charge in [0.25, 0.3) is 6.01 Å². The Bertz CT molecular complexity index is 890. The minimum absolute atomic E-state index is 0.280. The average molecular weight is 361 g/mol. The molecule has 6 heteroatoms. The van der Waals surface area contributed by atoms with Crippen LogP contribution >= 0.6 is 11.6 Å². The van der Waals surface area contributed by atoms with Crippen LogP contribution in [0.1, 0.15) is 29.9 Å². The van der Waals surface area contributed by atoms with Gasteiger partial charge in [-0.15, -0.1) is 0 Å². The summed E-state index contributed by atoms with van der Waals surface area (Å²) < 4.78 is 24.7. The maximum Gasteiger partial charge on any atom is 0.278 e. The normalized spacial score (nSPS) is 15.6. The summed E-state index contributed by atoms with van der Waals surface area (Å²) in [5.74, 6) is 1.26. The monoisotopic (exact) mass is 360 g/mol. The highest BCUT2D eigenvalue weighted by atomic mass is 35.5. The summed E-state index contributed by atoms with van der Waals surface area (Å²) >= 11 is 6.10. The molecule has 0 amide bonds. The standard InChI is InChI=1S/C19H18ClFN2O2/c20-16-2-1-13(19-14(16)9-18(21)25-19)11-24-17-5-8-23-10-15(17)12-3-6-22-7-4-12/h1-2,5,8-10,12,22H,3-4,6-7,11H2. The van der Waals surface area contributed by atoms with Gasteiger partial charge in [-0.3, -0.25) is 4.98 Å². The van der Waals surface area contributed by atoms with E-state index in [2.05, 4.69) is 10.3 Å². The van der Waals surface area contributed by atoms with Crippen molar-refractivity contribution in [2.45, 2.75) is 25.4 Å². The van der Waals surface area contributed by atoms with Crippen LogP contribution in [0.2, 0.25) is 5.02 Å². The molecule has 0 bridgehead atoms. The predicted molar refractivity (Wildman–Crippen MR) is 94.6 cm³/mol. The zero-order chi connectivity index (χ0) is 17.2. The fourth-order valence-corrected chi connectivity index (χ4v) is 3.55. The van der Waals surface area contributed by atoms with E-state index in [1.807, 2.05) is 12.3 Å². The molecule has 1 N–H and O–H groups in total. The van der Waals surface area contributed by atoms with E-state index in [-0.39, 0.29) is 6.61 Å². The number of fused-ring (bicyclic) bond motifs is 1. The average Bonchev–Trinajstić information content (AvgIpc) is 3.05. The number of furan rings is 1.